The Morgan fingerprint density at radius 1 is 0.632 bits per heavy atom. The molecule has 0 nitrogen and oxygen atoms in total. The molecule has 0 unspecified atom stereocenters. The number of hydrogen-bond acceptors (Lipinski definition) is 0. The average Bonchev–Trinajstić information content (AvgIpc) is 2.25. The van der Waals surface area contributed by atoms with Gasteiger partial charge in [-0.1, -0.05) is 63.3 Å². The molecule has 0 heteroatoms. The molecule has 0 aliphatic heterocycles. The van der Waals surface area contributed by atoms with Crippen LogP contribution in [0.15, 0.2) is 0 Å². The molecule has 0 aromatic carbocycles. The molecule has 0 N–H and O–H groups in total. The molecule has 0 radical (unpaired) electrons. The minimum Gasteiger partial charge on any atom is -0.0776 e. The molecule has 4 rings (SSSR count). The van der Waals surface area contributed by atoms with Gasteiger partial charge in [-0.15, -0.1) is 0 Å². The van der Waals surface area contributed by atoms with Crippen LogP contribution in [-0.4, -0.2) is 0 Å². The van der Waals surface area contributed by atoms with Crippen LogP contribution in [0.25, 0.3) is 0 Å². The summed E-state index contributed by atoms with van der Waals surface area (Å²) in [6, 6.07) is 0. The number of unbranched alkanes of at least 4 members (excludes halogenated alkanes) is 1. The third-order valence-corrected chi connectivity index (χ3v) is 5.20. The van der Waals surface area contributed by atoms with E-state index in [0.29, 0.717) is 0 Å². The maximum Gasteiger partial charge on any atom is -0.0381 e. The Hall–Kier alpha value is 0. The molecular weight excluding hydrogens is 228 g/mol. The maximum atomic E-state index is 2.51. The van der Waals surface area contributed by atoms with Crippen molar-refractivity contribution in [1.29, 1.82) is 0 Å². The predicted octanol–water partition coefficient (Wildman–Crippen LogP) is 7.43. The standard InChI is InChI=1S/C11H18.C4H10.4CH4/c1-7-10-3-8-2-9(5-10)6-11(7)4-8;1-3-4-2;;;;/h7-11H,2-6H2,1H3;3-4H2,1-2H3;4*1H4. The zero-order valence-corrected chi connectivity index (χ0v) is 10.8. The van der Waals surface area contributed by atoms with Crippen molar-refractivity contribution >= 4 is 0 Å². The summed E-state index contributed by atoms with van der Waals surface area (Å²) in [4.78, 5) is 0. The fourth-order valence-corrected chi connectivity index (χ4v) is 4.20. The summed E-state index contributed by atoms with van der Waals surface area (Å²) < 4.78 is 0. The maximum absolute atomic E-state index is 2.51. The normalized spacial score (nSPS) is 36.5. The molecule has 0 saturated heterocycles. The van der Waals surface area contributed by atoms with E-state index in [1.54, 1.807) is 32.1 Å². The van der Waals surface area contributed by atoms with E-state index in [1.165, 1.54) is 12.8 Å². The Morgan fingerprint density at radius 3 is 1.21 bits per heavy atom. The van der Waals surface area contributed by atoms with Gasteiger partial charge in [-0.2, -0.15) is 0 Å². The fourth-order valence-electron chi connectivity index (χ4n) is 4.20. The second kappa shape index (κ2) is 10.7. The van der Waals surface area contributed by atoms with Gasteiger partial charge in [-0.05, 0) is 61.7 Å². The van der Waals surface area contributed by atoms with Crippen molar-refractivity contribution in [2.24, 2.45) is 29.6 Å². The van der Waals surface area contributed by atoms with Gasteiger partial charge in [0.05, 0.1) is 0 Å². The molecule has 4 bridgehead atoms. The largest absolute Gasteiger partial charge is 0.0776 e. The molecule has 0 aromatic heterocycles. The molecule has 0 atom stereocenters. The van der Waals surface area contributed by atoms with Crippen LogP contribution in [0.2, 0.25) is 0 Å². The molecule has 4 aliphatic carbocycles. The molecule has 4 aliphatic rings. The Bertz CT molecular complexity index is 164. The van der Waals surface area contributed by atoms with E-state index in [-0.39, 0.29) is 29.7 Å². The van der Waals surface area contributed by atoms with Crippen LogP contribution >= 0.6 is 0 Å². The lowest BCUT2D eigenvalue weighted by Gasteiger charge is -2.53. The Labute approximate surface area is 125 Å². The minimum atomic E-state index is 0. The van der Waals surface area contributed by atoms with Crippen molar-refractivity contribution in [3.05, 3.63) is 0 Å². The summed E-state index contributed by atoms with van der Waals surface area (Å²) in [6.07, 6.45) is 10.6. The summed E-state index contributed by atoms with van der Waals surface area (Å²) in [6.45, 7) is 6.87. The number of rotatable bonds is 1. The number of hydrogen-bond donors (Lipinski definition) is 0. The van der Waals surface area contributed by atoms with E-state index in [1.807, 2.05) is 0 Å². The van der Waals surface area contributed by atoms with Crippen molar-refractivity contribution in [1.82, 2.24) is 0 Å². The van der Waals surface area contributed by atoms with E-state index in [0.717, 1.165) is 29.6 Å². The summed E-state index contributed by atoms with van der Waals surface area (Å²) in [5.74, 6) is 5.70. The Kier molecular flexibility index (Phi) is 13.6. The molecule has 4 fully saturated rings. The highest BCUT2D eigenvalue weighted by molar-refractivity contribution is 4.96. The van der Waals surface area contributed by atoms with Gasteiger partial charge in [0.25, 0.3) is 0 Å². The Morgan fingerprint density at radius 2 is 0.947 bits per heavy atom. The van der Waals surface area contributed by atoms with Crippen molar-refractivity contribution in [3.8, 4) is 0 Å². The molecule has 0 spiro atoms. The highest BCUT2D eigenvalue weighted by Crippen LogP contribution is 2.56. The molecule has 19 heavy (non-hydrogen) atoms. The van der Waals surface area contributed by atoms with Crippen LogP contribution < -0.4 is 0 Å². The van der Waals surface area contributed by atoms with Crippen molar-refractivity contribution in [3.63, 3.8) is 0 Å². The lowest BCUT2D eigenvalue weighted by atomic mass is 9.52. The summed E-state index contributed by atoms with van der Waals surface area (Å²) in [7, 11) is 0. The first-order chi connectivity index (χ1) is 7.24. The molecule has 4 saturated carbocycles. The lowest BCUT2D eigenvalue weighted by molar-refractivity contribution is -0.0282. The second-order valence-corrected chi connectivity index (χ2v) is 6.29. The molecule has 0 amide bonds. The average molecular weight is 273 g/mol. The summed E-state index contributed by atoms with van der Waals surface area (Å²) in [5, 5.41) is 0. The zero-order valence-electron chi connectivity index (χ0n) is 10.8. The highest BCUT2D eigenvalue weighted by Gasteiger charge is 2.45. The minimum absolute atomic E-state index is 0. The van der Waals surface area contributed by atoms with Crippen LogP contribution in [0.5, 0.6) is 0 Å². The zero-order chi connectivity index (χ0) is 10.8. The third-order valence-electron chi connectivity index (χ3n) is 5.20. The molecule has 0 aromatic rings. The van der Waals surface area contributed by atoms with Crippen LogP contribution in [0.3, 0.4) is 0 Å². The van der Waals surface area contributed by atoms with Crippen molar-refractivity contribution < 1.29 is 0 Å². The van der Waals surface area contributed by atoms with E-state index in [4.69, 9.17) is 0 Å². The lowest BCUT2D eigenvalue weighted by Crippen LogP contribution is -2.43. The van der Waals surface area contributed by atoms with Crippen molar-refractivity contribution in [2.45, 2.75) is 95.4 Å². The smallest absolute Gasteiger partial charge is 0.0381 e. The van der Waals surface area contributed by atoms with Crippen LogP contribution in [-0.2, 0) is 0 Å². The summed E-state index contributed by atoms with van der Waals surface area (Å²) in [5.41, 5.74) is 0. The van der Waals surface area contributed by atoms with Gasteiger partial charge in [0.1, 0.15) is 0 Å². The summed E-state index contributed by atoms with van der Waals surface area (Å²) >= 11 is 0. The first-order valence-electron chi connectivity index (χ1n) is 7.24. The Balaban J connectivity index is -0.000000292. The van der Waals surface area contributed by atoms with E-state index >= 15 is 0 Å². The second-order valence-electron chi connectivity index (χ2n) is 6.29. The third kappa shape index (κ3) is 5.48. The predicted molar refractivity (Wildman–Crippen MR) is 93.7 cm³/mol. The van der Waals surface area contributed by atoms with Gasteiger partial charge in [0.2, 0.25) is 0 Å². The van der Waals surface area contributed by atoms with Gasteiger partial charge in [0, 0.05) is 0 Å². The SMILES string of the molecule is C.C.C.C.CC1C2CC3CC(C2)CC1C3.CCCC. The quantitative estimate of drug-likeness (QED) is 0.465. The highest BCUT2D eigenvalue weighted by atomic mass is 14.5. The van der Waals surface area contributed by atoms with E-state index < -0.39 is 0 Å². The fraction of sp³-hybridized carbons (Fsp3) is 1.00. The van der Waals surface area contributed by atoms with Gasteiger partial charge in [-0.3, -0.25) is 0 Å². The van der Waals surface area contributed by atoms with E-state index in [9.17, 15) is 0 Å². The van der Waals surface area contributed by atoms with Crippen LogP contribution in [0.4, 0.5) is 0 Å². The van der Waals surface area contributed by atoms with Gasteiger partial charge < -0.3 is 0 Å². The molecule has 120 valence electrons. The van der Waals surface area contributed by atoms with E-state index in [2.05, 4.69) is 20.8 Å². The molecule has 0 heterocycles. The first-order valence-corrected chi connectivity index (χ1v) is 7.24. The monoisotopic (exact) mass is 272 g/mol. The van der Waals surface area contributed by atoms with Crippen LogP contribution in [0, 0.1) is 29.6 Å². The topological polar surface area (TPSA) is 0 Å². The van der Waals surface area contributed by atoms with Gasteiger partial charge >= 0.3 is 0 Å². The van der Waals surface area contributed by atoms with Crippen LogP contribution in [0.1, 0.15) is 95.4 Å². The van der Waals surface area contributed by atoms with Gasteiger partial charge in [0.15, 0.2) is 0 Å². The van der Waals surface area contributed by atoms with Crippen molar-refractivity contribution in [2.75, 3.05) is 0 Å². The molecular formula is C19H44. The first kappa shape index (κ1) is 24.0. The van der Waals surface area contributed by atoms with Gasteiger partial charge in [-0.25, -0.2) is 0 Å².